The summed E-state index contributed by atoms with van der Waals surface area (Å²) in [7, 11) is 0. The molecular weight excluding hydrogens is 316 g/mol. The molecule has 1 fully saturated rings. The Hall–Kier alpha value is -1.83. The van der Waals surface area contributed by atoms with Gasteiger partial charge >= 0.3 is 6.09 Å². The zero-order valence-corrected chi connectivity index (χ0v) is 14.5. The first-order valence-corrected chi connectivity index (χ1v) is 8.52. The van der Waals surface area contributed by atoms with Crippen LogP contribution >= 0.6 is 11.8 Å². The lowest BCUT2D eigenvalue weighted by Crippen LogP contribution is -2.43. The van der Waals surface area contributed by atoms with E-state index in [1.807, 2.05) is 26.8 Å². The summed E-state index contributed by atoms with van der Waals surface area (Å²) in [5, 5.41) is 3.14. The summed E-state index contributed by atoms with van der Waals surface area (Å²) in [6.45, 7) is 7.65. The number of nitrogens with one attached hydrogen (secondary N) is 1. The number of amides is 2. The molecule has 0 aromatic carbocycles. The molecule has 2 heterocycles. The molecule has 23 heavy (non-hydrogen) atoms. The number of aryl methyl sites for hydroxylation is 2. The Morgan fingerprint density at radius 1 is 1.43 bits per heavy atom. The maximum atomic E-state index is 12.1. The number of hydrogen-bond donors (Lipinski definition) is 1. The molecule has 1 N–H and O–H groups in total. The number of carbonyl (C=O) groups excluding carboxylic acids is 2. The van der Waals surface area contributed by atoms with Crippen molar-refractivity contribution < 1.29 is 14.3 Å². The predicted octanol–water partition coefficient (Wildman–Crippen LogP) is 1.53. The third kappa shape index (κ3) is 5.38. The highest BCUT2D eigenvalue weighted by Gasteiger charge is 2.20. The molecule has 2 rings (SSSR count). The van der Waals surface area contributed by atoms with E-state index in [1.165, 1.54) is 11.8 Å². The highest BCUT2D eigenvalue weighted by molar-refractivity contribution is 8.00. The highest BCUT2D eigenvalue weighted by atomic mass is 32.2. The number of aromatic nitrogens is 2. The molecule has 2 amide bonds. The van der Waals surface area contributed by atoms with Crippen LogP contribution < -0.4 is 5.32 Å². The fourth-order valence-electron chi connectivity index (χ4n) is 2.22. The number of hydrogen-bond acceptors (Lipinski definition) is 6. The molecule has 0 radical (unpaired) electrons. The minimum absolute atomic E-state index is 0.0943. The molecule has 1 aliphatic rings. The third-order valence-corrected chi connectivity index (χ3v) is 4.31. The van der Waals surface area contributed by atoms with E-state index in [9.17, 15) is 9.59 Å². The van der Waals surface area contributed by atoms with Crippen LogP contribution in [0.3, 0.4) is 0 Å². The minimum atomic E-state index is -0.309. The molecule has 0 saturated carbocycles. The van der Waals surface area contributed by atoms with Gasteiger partial charge in [-0.25, -0.2) is 14.8 Å². The first-order valence-electron chi connectivity index (χ1n) is 7.64. The number of nitrogens with zero attached hydrogens (tertiary/aromatic N) is 3. The molecule has 8 heteroatoms. The Bertz CT molecular complexity index is 562. The van der Waals surface area contributed by atoms with Gasteiger partial charge in [0.1, 0.15) is 0 Å². The zero-order chi connectivity index (χ0) is 16.8. The third-order valence-electron chi connectivity index (χ3n) is 3.35. The molecule has 1 aromatic heterocycles. The Balaban J connectivity index is 1.77. The van der Waals surface area contributed by atoms with Crippen LogP contribution in [0.5, 0.6) is 0 Å². The van der Waals surface area contributed by atoms with Crippen LogP contribution in [0.25, 0.3) is 0 Å². The Morgan fingerprint density at radius 3 is 2.78 bits per heavy atom. The lowest BCUT2D eigenvalue weighted by Gasteiger charge is -2.26. The van der Waals surface area contributed by atoms with Crippen LogP contribution in [-0.2, 0) is 9.53 Å². The van der Waals surface area contributed by atoms with Crippen LogP contribution in [0.1, 0.15) is 24.7 Å². The van der Waals surface area contributed by atoms with E-state index < -0.39 is 0 Å². The van der Waals surface area contributed by atoms with Gasteiger partial charge in [0, 0.05) is 31.0 Å². The second-order valence-corrected chi connectivity index (χ2v) is 6.75. The molecular formula is C15H22N4O3S. The first-order chi connectivity index (χ1) is 11.0. The van der Waals surface area contributed by atoms with Gasteiger partial charge in [0.25, 0.3) is 0 Å². The summed E-state index contributed by atoms with van der Waals surface area (Å²) in [5.41, 5.74) is 1.77. The van der Waals surface area contributed by atoms with Crippen molar-refractivity contribution in [3.05, 3.63) is 17.5 Å². The normalized spacial score (nSPS) is 16.0. The number of carbonyl (C=O) groups is 2. The van der Waals surface area contributed by atoms with E-state index in [1.54, 1.807) is 4.90 Å². The number of rotatable bonds is 6. The van der Waals surface area contributed by atoms with Crippen LogP contribution in [0.4, 0.5) is 4.79 Å². The molecule has 1 unspecified atom stereocenters. The van der Waals surface area contributed by atoms with Crippen molar-refractivity contribution >= 4 is 23.8 Å². The molecule has 1 aliphatic heterocycles. The van der Waals surface area contributed by atoms with E-state index in [4.69, 9.17) is 4.74 Å². The fourth-order valence-corrected chi connectivity index (χ4v) is 3.12. The number of ether oxygens (including phenoxy) is 1. The molecule has 1 saturated heterocycles. The van der Waals surface area contributed by atoms with Crippen LogP contribution in [0.2, 0.25) is 0 Å². The van der Waals surface area contributed by atoms with Gasteiger partial charge in [0.2, 0.25) is 5.91 Å². The molecule has 7 nitrogen and oxygen atoms in total. The van der Waals surface area contributed by atoms with Gasteiger partial charge in [0.15, 0.2) is 5.16 Å². The minimum Gasteiger partial charge on any atom is -0.449 e. The predicted molar refractivity (Wildman–Crippen MR) is 87.4 cm³/mol. The average Bonchev–Trinajstić information content (AvgIpc) is 2.48. The second-order valence-electron chi connectivity index (χ2n) is 5.44. The van der Waals surface area contributed by atoms with Crippen LogP contribution in [0, 0.1) is 13.8 Å². The molecule has 1 atom stereocenters. The van der Waals surface area contributed by atoms with Gasteiger partial charge < -0.3 is 15.0 Å². The van der Waals surface area contributed by atoms with Crippen molar-refractivity contribution in [3.63, 3.8) is 0 Å². The van der Waals surface area contributed by atoms with E-state index >= 15 is 0 Å². The molecule has 0 aliphatic carbocycles. The van der Waals surface area contributed by atoms with Crippen molar-refractivity contribution in [1.29, 1.82) is 0 Å². The Kier molecular flexibility index (Phi) is 6.20. The van der Waals surface area contributed by atoms with Crippen molar-refractivity contribution in [2.45, 2.75) is 37.6 Å². The van der Waals surface area contributed by atoms with Gasteiger partial charge in [-0.2, -0.15) is 0 Å². The standard InChI is InChI=1S/C15H22N4O3S/c1-10-9-11(2)18-14(17-10)23-12(3)13(20)16-5-7-19-6-4-8-22-15(19)21/h9,12H,4-8H2,1-3H3,(H,16,20). The Labute approximate surface area is 140 Å². The largest absolute Gasteiger partial charge is 0.449 e. The topological polar surface area (TPSA) is 84.4 Å². The number of cyclic esters (lactones) is 1. The van der Waals surface area contributed by atoms with Gasteiger partial charge in [-0.3, -0.25) is 4.79 Å². The van der Waals surface area contributed by atoms with Crippen LogP contribution in [-0.4, -0.2) is 58.4 Å². The highest BCUT2D eigenvalue weighted by Crippen LogP contribution is 2.20. The maximum Gasteiger partial charge on any atom is 0.409 e. The van der Waals surface area contributed by atoms with E-state index in [2.05, 4.69) is 15.3 Å². The smallest absolute Gasteiger partial charge is 0.409 e. The summed E-state index contributed by atoms with van der Waals surface area (Å²) >= 11 is 1.33. The van der Waals surface area contributed by atoms with Gasteiger partial charge in [-0.05, 0) is 33.3 Å². The molecule has 1 aromatic rings. The second kappa shape index (κ2) is 8.14. The van der Waals surface area contributed by atoms with Crippen molar-refractivity contribution in [2.75, 3.05) is 26.2 Å². The lowest BCUT2D eigenvalue weighted by atomic mass is 10.3. The monoisotopic (exact) mass is 338 g/mol. The molecule has 0 bridgehead atoms. The molecule has 126 valence electrons. The van der Waals surface area contributed by atoms with Crippen molar-refractivity contribution in [2.24, 2.45) is 0 Å². The lowest BCUT2D eigenvalue weighted by molar-refractivity contribution is -0.120. The molecule has 0 spiro atoms. The summed E-state index contributed by atoms with van der Waals surface area (Å²) in [6, 6.07) is 1.90. The van der Waals surface area contributed by atoms with E-state index in [-0.39, 0.29) is 17.3 Å². The quantitative estimate of drug-likeness (QED) is 0.625. The van der Waals surface area contributed by atoms with Gasteiger partial charge in [-0.1, -0.05) is 11.8 Å². The SMILES string of the molecule is Cc1cc(C)nc(SC(C)C(=O)NCCN2CCCOC2=O)n1. The van der Waals surface area contributed by atoms with Crippen molar-refractivity contribution in [3.8, 4) is 0 Å². The first kappa shape index (κ1) is 17.5. The van der Waals surface area contributed by atoms with Crippen molar-refractivity contribution in [1.82, 2.24) is 20.2 Å². The Morgan fingerprint density at radius 2 is 2.13 bits per heavy atom. The summed E-state index contributed by atoms with van der Waals surface area (Å²) in [4.78, 5) is 33.8. The average molecular weight is 338 g/mol. The summed E-state index contributed by atoms with van der Waals surface area (Å²) in [5.74, 6) is -0.0943. The van der Waals surface area contributed by atoms with E-state index in [0.717, 1.165) is 17.8 Å². The van der Waals surface area contributed by atoms with Gasteiger partial charge in [-0.15, -0.1) is 0 Å². The zero-order valence-electron chi connectivity index (χ0n) is 13.7. The summed E-state index contributed by atoms with van der Waals surface area (Å²) < 4.78 is 4.95. The van der Waals surface area contributed by atoms with E-state index in [0.29, 0.717) is 31.4 Å². The summed E-state index contributed by atoms with van der Waals surface area (Å²) in [6.07, 6.45) is 0.521. The van der Waals surface area contributed by atoms with Crippen LogP contribution in [0.15, 0.2) is 11.2 Å². The number of thioether (sulfide) groups is 1. The van der Waals surface area contributed by atoms with Gasteiger partial charge in [0.05, 0.1) is 11.9 Å². The maximum absolute atomic E-state index is 12.1. The fraction of sp³-hybridized carbons (Fsp3) is 0.600.